The van der Waals surface area contributed by atoms with Crippen molar-refractivity contribution in [3.8, 4) is 0 Å². The number of nitrogens with zero attached hydrogens (tertiary/aromatic N) is 2. The van der Waals surface area contributed by atoms with Crippen LogP contribution >= 0.6 is 0 Å². The fourth-order valence-corrected chi connectivity index (χ4v) is 3.12. The van der Waals surface area contributed by atoms with Gasteiger partial charge in [0.1, 0.15) is 5.82 Å². The summed E-state index contributed by atoms with van der Waals surface area (Å²) in [5.41, 5.74) is 2.06. The van der Waals surface area contributed by atoms with Gasteiger partial charge in [0, 0.05) is 31.4 Å². The highest BCUT2D eigenvalue weighted by molar-refractivity contribution is 5.77. The average molecular weight is 300 g/mol. The van der Waals surface area contributed by atoms with E-state index in [-0.39, 0.29) is 17.8 Å². The number of halogens is 1. The fourth-order valence-electron chi connectivity index (χ4n) is 3.12. The van der Waals surface area contributed by atoms with Gasteiger partial charge < -0.3 is 9.47 Å². The van der Waals surface area contributed by atoms with Crippen LogP contribution in [0.1, 0.15) is 43.5 Å². The second kappa shape index (κ2) is 6.34. The molecule has 1 unspecified atom stereocenters. The van der Waals surface area contributed by atoms with Crippen LogP contribution in [0.2, 0.25) is 0 Å². The van der Waals surface area contributed by atoms with Gasteiger partial charge in [-0.3, -0.25) is 4.79 Å². The summed E-state index contributed by atoms with van der Waals surface area (Å²) in [5.74, 6) is -0.0672. The highest BCUT2D eigenvalue weighted by Crippen LogP contribution is 2.33. The van der Waals surface area contributed by atoms with E-state index < -0.39 is 0 Å². The second-order valence-electron chi connectivity index (χ2n) is 5.77. The third-order valence-corrected chi connectivity index (χ3v) is 4.29. The Morgan fingerprint density at radius 1 is 1.23 bits per heavy atom. The molecule has 3 nitrogen and oxygen atoms in total. The number of carbonyl (C=O) groups is 1. The van der Waals surface area contributed by atoms with Crippen LogP contribution in [-0.2, 0) is 11.3 Å². The minimum absolute atomic E-state index is 0.117. The van der Waals surface area contributed by atoms with Crippen molar-refractivity contribution in [2.45, 2.75) is 38.8 Å². The highest BCUT2D eigenvalue weighted by atomic mass is 19.1. The monoisotopic (exact) mass is 300 g/mol. The molecule has 4 heteroatoms. The molecule has 2 heterocycles. The quantitative estimate of drug-likeness (QED) is 0.844. The number of unbranched alkanes of at least 4 members (excludes halogenated alkanes) is 1. The molecule has 116 valence electrons. The number of fused-ring (bicyclic) bond motifs is 1. The van der Waals surface area contributed by atoms with Gasteiger partial charge >= 0.3 is 0 Å². The van der Waals surface area contributed by atoms with Crippen molar-refractivity contribution in [1.29, 1.82) is 0 Å². The van der Waals surface area contributed by atoms with Gasteiger partial charge in [0.05, 0.1) is 6.04 Å². The lowest BCUT2D eigenvalue weighted by Gasteiger charge is -2.37. The number of aromatic nitrogens is 1. The van der Waals surface area contributed by atoms with Gasteiger partial charge in [0.2, 0.25) is 5.91 Å². The fraction of sp³-hybridized carbons (Fsp3) is 0.389. The van der Waals surface area contributed by atoms with Gasteiger partial charge in [-0.1, -0.05) is 25.5 Å². The van der Waals surface area contributed by atoms with Crippen LogP contribution in [0, 0.1) is 5.82 Å². The van der Waals surface area contributed by atoms with E-state index >= 15 is 0 Å². The first-order valence-electron chi connectivity index (χ1n) is 7.90. The Morgan fingerprint density at radius 3 is 2.73 bits per heavy atom. The molecule has 1 aromatic carbocycles. The van der Waals surface area contributed by atoms with E-state index in [9.17, 15) is 9.18 Å². The Hall–Kier alpha value is -2.10. The smallest absolute Gasteiger partial charge is 0.223 e. The number of carbonyl (C=O) groups excluding carboxylic acids is 1. The number of hydrogen-bond acceptors (Lipinski definition) is 1. The molecule has 1 aromatic heterocycles. The summed E-state index contributed by atoms with van der Waals surface area (Å²) in [7, 11) is 0. The van der Waals surface area contributed by atoms with Crippen molar-refractivity contribution in [3.05, 3.63) is 59.7 Å². The van der Waals surface area contributed by atoms with Crippen LogP contribution < -0.4 is 0 Å². The number of hydrogen-bond donors (Lipinski definition) is 0. The van der Waals surface area contributed by atoms with Crippen LogP contribution in [0.3, 0.4) is 0 Å². The normalized spacial score (nSPS) is 17.4. The van der Waals surface area contributed by atoms with Gasteiger partial charge in [0.25, 0.3) is 0 Å². The summed E-state index contributed by atoms with van der Waals surface area (Å²) in [6.45, 7) is 3.61. The SMILES string of the molecule is CCCCC(=O)N1CCn2cccc2C1c1ccc(F)cc1. The van der Waals surface area contributed by atoms with Crippen molar-refractivity contribution < 1.29 is 9.18 Å². The highest BCUT2D eigenvalue weighted by Gasteiger charge is 2.31. The predicted molar refractivity (Wildman–Crippen MR) is 83.9 cm³/mol. The third kappa shape index (κ3) is 2.78. The van der Waals surface area contributed by atoms with E-state index in [1.807, 2.05) is 23.2 Å². The maximum absolute atomic E-state index is 13.2. The minimum atomic E-state index is -0.251. The third-order valence-electron chi connectivity index (χ3n) is 4.29. The summed E-state index contributed by atoms with van der Waals surface area (Å²) in [4.78, 5) is 14.5. The van der Waals surface area contributed by atoms with Crippen LogP contribution in [0.5, 0.6) is 0 Å². The van der Waals surface area contributed by atoms with E-state index in [1.54, 1.807) is 12.1 Å². The van der Waals surface area contributed by atoms with Gasteiger partial charge in [-0.2, -0.15) is 0 Å². The first-order valence-corrected chi connectivity index (χ1v) is 7.90. The number of benzene rings is 1. The van der Waals surface area contributed by atoms with Crippen molar-refractivity contribution in [2.75, 3.05) is 6.54 Å². The lowest BCUT2D eigenvalue weighted by atomic mass is 9.99. The number of amides is 1. The molecule has 0 fully saturated rings. The maximum Gasteiger partial charge on any atom is 0.223 e. The van der Waals surface area contributed by atoms with Crippen molar-refractivity contribution in [2.24, 2.45) is 0 Å². The number of rotatable bonds is 4. The lowest BCUT2D eigenvalue weighted by molar-refractivity contribution is -0.134. The predicted octanol–water partition coefficient (Wildman–Crippen LogP) is 3.75. The van der Waals surface area contributed by atoms with Gasteiger partial charge in [-0.25, -0.2) is 4.39 Å². The van der Waals surface area contributed by atoms with Gasteiger partial charge in [-0.05, 0) is 36.2 Å². The molecule has 1 aliphatic heterocycles. The largest absolute Gasteiger partial charge is 0.348 e. The molecule has 1 aliphatic rings. The van der Waals surface area contributed by atoms with Crippen molar-refractivity contribution in [1.82, 2.24) is 9.47 Å². The van der Waals surface area contributed by atoms with Crippen LogP contribution in [0.25, 0.3) is 0 Å². The molecule has 1 atom stereocenters. The molecule has 0 radical (unpaired) electrons. The molecular weight excluding hydrogens is 279 g/mol. The standard InChI is InChI=1S/C18H21FN2O/c1-2-3-6-17(22)21-13-12-20-11-4-5-16(20)18(21)14-7-9-15(19)10-8-14/h4-5,7-11,18H,2-3,6,12-13H2,1H3. The topological polar surface area (TPSA) is 25.2 Å². The summed E-state index contributed by atoms with van der Waals surface area (Å²) in [5, 5.41) is 0. The summed E-state index contributed by atoms with van der Waals surface area (Å²) >= 11 is 0. The molecule has 22 heavy (non-hydrogen) atoms. The molecule has 2 aromatic rings. The molecule has 0 N–H and O–H groups in total. The molecular formula is C18H21FN2O. The first kappa shape index (κ1) is 14.8. The van der Waals surface area contributed by atoms with E-state index in [1.165, 1.54) is 12.1 Å². The zero-order valence-corrected chi connectivity index (χ0v) is 12.8. The van der Waals surface area contributed by atoms with E-state index in [2.05, 4.69) is 11.5 Å². The molecule has 0 saturated heterocycles. The second-order valence-corrected chi connectivity index (χ2v) is 5.77. The van der Waals surface area contributed by atoms with E-state index in [0.29, 0.717) is 13.0 Å². The Labute approximate surface area is 130 Å². The summed E-state index contributed by atoms with van der Waals surface area (Å²) in [6, 6.07) is 10.4. The van der Waals surface area contributed by atoms with Crippen molar-refractivity contribution in [3.63, 3.8) is 0 Å². The average Bonchev–Trinajstić information content (AvgIpc) is 3.01. The van der Waals surface area contributed by atoms with Crippen molar-refractivity contribution >= 4 is 5.91 Å². The molecule has 0 spiro atoms. The van der Waals surface area contributed by atoms with Crippen LogP contribution in [0.4, 0.5) is 4.39 Å². The first-order chi connectivity index (χ1) is 10.7. The molecule has 0 aliphatic carbocycles. The molecule has 0 saturated carbocycles. The van der Waals surface area contributed by atoms with Gasteiger partial charge in [0.15, 0.2) is 0 Å². The summed E-state index contributed by atoms with van der Waals surface area (Å²) in [6.07, 6.45) is 4.54. The lowest BCUT2D eigenvalue weighted by Crippen LogP contribution is -2.42. The van der Waals surface area contributed by atoms with Gasteiger partial charge in [-0.15, -0.1) is 0 Å². The Kier molecular flexibility index (Phi) is 4.27. The van der Waals surface area contributed by atoms with E-state index in [4.69, 9.17) is 0 Å². The Bertz CT molecular complexity index is 647. The minimum Gasteiger partial charge on any atom is -0.348 e. The Morgan fingerprint density at radius 2 is 2.00 bits per heavy atom. The molecule has 3 rings (SSSR count). The van der Waals surface area contributed by atoms with Crippen LogP contribution in [-0.4, -0.2) is 21.9 Å². The van der Waals surface area contributed by atoms with E-state index in [0.717, 1.165) is 30.6 Å². The maximum atomic E-state index is 13.2. The zero-order valence-electron chi connectivity index (χ0n) is 12.8. The molecule has 1 amide bonds. The summed E-state index contributed by atoms with van der Waals surface area (Å²) < 4.78 is 15.4. The zero-order chi connectivity index (χ0) is 15.5. The Balaban J connectivity index is 1.95. The molecule has 0 bridgehead atoms. The van der Waals surface area contributed by atoms with Crippen LogP contribution in [0.15, 0.2) is 42.6 Å².